The fraction of sp³-hybridized carbons (Fsp3) is 0.292. The largest absolute Gasteiger partial charge is 0.395 e. The van der Waals surface area contributed by atoms with Gasteiger partial charge in [0.2, 0.25) is 0 Å². The van der Waals surface area contributed by atoms with Crippen molar-refractivity contribution in [2.75, 3.05) is 32.0 Å². The number of piperidine rings is 1. The third-order valence-electron chi connectivity index (χ3n) is 6.32. The molecule has 0 unspecified atom stereocenters. The maximum Gasteiger partial charge on any atom is 0.165 e. The van der Waals surface area contributed by atoms with Gasteiger partial charge >= 0.3 is 0 Å². The highest BCUT2D eigenvalue weighted by atomic mass is 79.9. The van der Waals surface area contributed by atoms with Crippen LogP contribution in [0.1, 0.15) is 24.5 Å². The van der Waals surface area contributed by atoms with Gasteiger partial charge in [-0.25, -0.2) is 13.8 Å². The molecule has 1 fully saturated rings. The highest BCUT2D eigenvalue weighted by Gasteiger charge is 2.26. The molecule has 0 bridgehead atoms. The van der Waals surface area contributed by atoms with Gasteiger partial charge in [0.15, 0.2) is 5.65 Å². The standard InChI is InChI=1S/C24H23BrF2N6O/c25-21-22(14-5-7-32(8-6-14)9-10-34)31-24-18(13-30-33(24)23(21)28)15-1-4-20(29-12-15)17-3-2-16(26)11-19(17)27/h1-4,11-14,34H,5-10,28H2. The summed E-state index contributed by atoms with van der Waals surface area (Å²) in [5, 5.41) is 13.6. The van der Waals surface area contributed by atoms with Crippen LogP contribution < -0.4 is 5.73 Å². The second kappa shape index (κ2) is 9.36. The fourth-order valence-electron chi connectivity index (χ4n) is 4.47. The molecule has 4 aromatic rings. The van der Waals surface area contributed by atoms with E-state index >= 15 is 0 Å². The number of likely N-dealkylation sites (tertiary alicyclic amines) is 1. The van der Waals surface area contributed by atoms with Crippen LogP contribution in [0.25, 0.3) is 28.0 Å². The second-order valence-corrected chi connectivity index (χ2v) is 9.18. The van der Waals surface area contributed by atoms with Crippen LogP contribution in [-0.2, 0) is 0 Å². The van der Waals surface area contributed by atoms with Crippen LogP contribution >= 0.6 is 15.9 Å². The van der Waals surface area contributed by atoms with Crippen molar-refractivity contribution in [3.63, 3.8) is 0 Å². The molecule has 176 valence electrons. The van der Waals surface area contributed by atoms with Crippen molar-refractivity contribution in [2.24, 2.45) is 0 Å². The van der Waals surface area contributed by atoms with Crippen LogP contribution in [0, 0.1) is 11.6 Å². The predicted octanol–water partition coefficient (Wildman–Crippen LogP) is 4.25. The zero-order valence-corrected chi connectivity index (χ0v) is 19.8. The van der Waals surface area contributed by atoms with Crippen LogP contribution in [0.15, 0.2) is 47.2 Å². The summed E-state index contributed by atoms with van der Waals surface area (Å²) in [6, 6.07) is 6.93. The first-order valence-corrected chi connectivity index (χ1v) is 11.8. The van der Waals surface area contributed by atoms with Gasteiger partial charge in [-0.3, -0.25) is 4.98 Å². The maximum absolute atomic E-state index is 14.2. The van der Waals surface area contributed by atoms with Gasteiger partial charge in [0.1, 0.15) is 17.5 Å². The Kier molecular flexibility index (Phi) is 6.28. The number of pyridine rings is 1. The Morgan fingerprint density at radius 2 is 1.88 bits per heavy atom. The van der Waals surface area contributed by atoms with Gasteiger partial charge in [0.05, 0.1) is 28.7 Å². The van der Waals surface area contributed by atoms with Crippen molar-refractivity contribution >= 4 is 27.4 Å². The Balaban J connectivity index is 1.49. The van der Waals surface area contributed by atoms with Gasteiger partial charge in [0, 0.05) is 41.4 Å². The fourth-order valence-corrected chi connectivity index (χ4v) is 5.05. The molecule has 0 atom stereocenters. The van der Waals surface area contributed by atoms with Gasteiger partial charge < -0.3 is 15.7 Å². The maximum atomic E-state index is 14.2. The summed E-state index contributed by atoms with van der Waals surface area (Å²) in [6.07, 6.45) is 5.16. The quantitative estimate of drug-likeness (QED) is 0.402. The smallest absolute Gasteiger partial charge is 0.165 e. The summed E-state index contributed by atoms with van der Waals surface area (Å²) >= 11 is 3.62. The van der Waals surface area contributed by atoms with E-state index in [9.17, 15) is 13.9 Å². The summed E-state index contributed by atoms with van der Waals surface area (Å²) in [5.74, 6) is -0.581. The molecule has 0 amide bonds. The van der Waals surface area contributed by atoms with Gasteiger partial charge in [-0.05, 0) is 60.1 Å². The van der Waals surface area contributed by atoms with E-state index in [1.54, 1.807) is 23.0 Å². The lowest BCUT2D eigenvalue weighted by atomic mass is 9.93. The molecule has 3 aromatic heterocycles. The van der Waals surface area contributed by atoms with E-state index in [1.165, 1.54) is 12.1 Å². The monoisotopic (exact) mass is 528 g/mol. The van der Waals surface area contributed by atoms with Gasteiger partial charge in [0.25, 0.3) is 0 Å². The SMILES string of the molecule is Nc1c(Br)c(C2CCN(CCO)CC2)nc2c(-c3ccc(-c4ccc(F)cc4F)nc3)cnn12. The van der Waals surface area contributed by atoms with Crippen LogP contribution in [0.3, 0.4) is 0 Å². The molecule has 3 N–H and O–H groups in total. The van der Waals surface area contributed by atoms with Crippen molar-refractivity contribution in [1.29, 1.82) is 0 Å². The van der Waals surface area contributed by atoms with Crippen molar-refractivity contribution in [3.05, 3.63) is 64.5 Å². The summed E-state index contributed by atoms with van der Waals surface area (Å²) in [7, 11) is 0. The number of hydrogen-bond donors (Lipinski definition) is 2. The molecule has 0 spiro atoms. The number of hydrogen-bond acceptors (Lipinski definition) is 6. The van der Waals surface area contributed by atoms with E-state index in [2.05, 4.69) is 30.9 Å². The summed E-state index contributed by atoms with van der Waals surface area (Å²) in [6.45, 7) is 2.62. The molecule has 5 rings (SSSR count). The first-order valence-electron chi connectivity index (χ1n) is 11.0. The highest BCUT2D eigenvalue weighted by molar-refractivity contribution is 9.10. The summed E-state index contributed by atoms with van der Waals surface area (Å²) in [5.41, 5.74) is 10.1. The molecule has 1 aliphatic heterocycles. The number of aromatic nitrogens is 4. The second-order valence-electron chi connectivity index (χ2n) is 8.39. The summed E-state index contributed by atoms with van der Waals surface area (Å²) in [4.78, 5) is 11.6. The number of rotatable bonds is 5. The third kappa shape index (κ3) is 4.17. The molecule has 0 aliphatic carbocycles. The van der Waals surface area contributed by atoms with E-state index in [-0.39, 0.29) is 18.1 Å². The molecule has 7 nitrogen and oxygen atoms in total. The zero-order valence-electron chi connectivity index (χ0n) is 18.3. The lowest BCUT2D eigenvalue weighted by Crippen LogP contribution is -2.35. The zero-order chi connectivity index (χ0) is 23.8. The first kappa shape index (κ1) is 22.8. The Labute approximate surface area is 203 Å². The molecule has 4 heterocycles. The van der Waals surface area contributed by atoms with Crippen molar-refractivity contribution < 1.29 is 13.9 Å². The number of nitrogen functional groups attached to an aromatic ring is 1. The van der Waals surface area contributed by atoms with Gasteiger partial charge in [-0.15, -0.1) is 0 Å². The minimum absolute atomic E-state index is 0.158. The van der Waals surface area contributed by atoms with Gasteiger partial charge in [-0.2, -0.15) is 9.61 Å². The number of nitrogens with zero attached hydrogens (tertiary/aromatic N) is 5. The minimum atomic E-state index is -0.662. The minimum Gasteiger partial charge on any atom is -0.395 e. The van der Waals surface area contributed by atoms with Crippen LogP contribution in [0.5, 0.6) is 0 Å². The van der Waals surface area contributed by atoms with E-state index in [0.717, 1.165) is 53.3 Å². The number of anilines is 1. The van der Waals surface area contributed by atoms with E-state index < -0.39 is 11.6 Å². The average molecular weight is 529 g/mol. The van der Waals surface area contributed by atoms with Gasteiger partial charge in [-0.1, -0.05) is 6.07 Å². The Hall–Kier alpha value is -2.95. The Bertz CT molecular complexity index is 1340. The topological polar surface area (TPSA) is 92.6 Å². The average Bonchev–Trinajstić information content (AvgIpc) is 3.26. The van der Waals surface area contributed by atoms with Crippen molar-refractivity contribution in [1.82, 2.24) is 24.5 Å². The van der Waals surface area contributed by atoms with Crippen molar-refractivity contribution in [2.45, 2.75) is 18.8 Å². The van der Waals surface area contributed by atoms with E-state index in [0.29, 0.717) is 23.7 Å². The number of β-amino-alcohol motifs (C(OH)–C–C–N with tert-alkyl or cyclic N) is 1. The summed E-state index contributed by atoms with van der Waals surface area (Å²) < 4.78 is 29.7. The highest BCUT2D eigenvalue weighted by Crippen LogP contribution is 2.37. The lowest BCUT2D eigenvalue weighted by Gasteiger charge is -2.31. The molecule has 1 saturated heterocycles. The number of nitrogens with two attached hydrogens (primary N) is 1. The molecular weight excluding hydrogens is 506 g/mol. The number of halogens is 3. The molecule has 34 heavy (non-hydrogen) atoms. The molecule has 10 heteroatoms. The number of aliphatic hydroxyl groups excluding tert-OH is 1. The Morgan fingerprint density at radius 1 is 1.09 bits per heavy atom. The molecule has 0 radical (unpaired) electrons. The Morgan fingerprint density at radius 3 is 2.56 bits per heavy atom. The van der Waals surface area contributed by atoms with Crippen LogP contribution in [-0.4, -0.2) is 55.8 Å². The van der Waals surface area contributed by atoms with E-state index in [4.69, 9.17) is 10.7 Å². The van der Waals surface area contributed by atoms with Crippen LogP contribution in [0.2, 0.25) is 0 Å². The number of benzene rings is 1. The number of aliphatic hydroxyl groups is 1. The lowest BCUT2D eigenvalue weighted by molar-refractivity contribution is 0.163. The number of fused-ring (bicyclic) bond motifs is 1. The molecule has 0 saturated carbocycles. The molecular formula is C24H23BrF2N6O. The third-order valence-corrected chi connectivity index (χ3v) is 7.13. The normalized spacial score (nSPS) is 15.3. The van der Waals surface area contributed by atoms with Crippen molar-refractivity contribution in [3.8, 4) is 22.4 Å². The van der Waals surface area contributed by atoms with E-state index in [1.807, 2.05) is 6.07 Å². The molecule has 1 aromatic carbocycles. The predicted molar refractivity (Wildman–Crippen MR) is 129 cm³/mol. The first-order chi connectivity index (χ1) is 16.5. The molecule has 1 aliphatic rings. The van der Waals surface area contributed by atoms with Crippen LogP contribution in [0.4, 0.5) is 14.6 Å².